The van der Waals surface area contributed by atoms with E-state index < -0.39 is 0 Å². The fraction of sp³-hybridized carbons (Fsp3) is 0.286. The van der Waals surface area contributed by atoms with E-state index in [4.69, 9.17) is 23.2 Å². The second-order valence-corrected chi connectivity index (χ2v) is 5.29. The monoisotopic (exact) mass is 280 g/mol. The highest BCUT2D eigenvalue weighted by atomic mass is 35.5. The first-order valence-electron chi connectivity index (χ1n) is 5.79. The molecule has 2 nitrogen and oxygen atoms in total. The minimum atomic E-state index is 0.316. The van der Waals surface area contributed by atoms with Gasteiger partial charge in [-0.15, -0.1) is 0 Å². The van der Waals surface area contributed by atoms with Gasteiger partial charge in [-0.25, -0.2) is 9.97 Å². The number of rotatable bonds is 2. The van der Waals surface area contributed by atoms with Crippen LogP contribution >= 0.6 is 23.2 Å². The molecule has 0 aliphatic rings. The molecule has 0 atom stereocenters. The molecule has 1 aromatic heterocycles. The second-order valence-electron chi connectivity index (χ2n) is 4.50. The van der Waals surface area contributed by atoms with Crippen LogP contribution in [0.2, 0.25) is 10.2 Å². The number of hydrogen-bond acceptors (Lipinski definition) is 2. The molecule has 2 aromatic rings. The zero-order valence-corrected chi connectivity index (χ0v) is 12.0. The van der Waals surface area contributed by atoms with Crippen molar-refractivity contribution in [3.05, 3.63) is 45.7 Å². The van der Waals surface area contributed by atoms with E-state index in [1.807, 2.05) is 31.2 Å². The Morgan fingerprint density at radius 1 is 1.00 bits per heavy atom. The van der Waals surface area contributed by atoms with Gasteiger partial charge in [0.25, 0.3) is 0 Å². The van der Waals surface area contributed by atoms with Gasteiger partial charge in [-0.05, 0) is 37.1 Å². The third-order valence-electron chi connectivity index (χ3n) is 2.77. The summed E-state index contributed by atoms with van der Waals surface area (Å²) in [5, 5.41) is 1.22. The predicted octanol–water partition coefficient (Wildman–Crippen LogP) is 4.88. The summed E-state index contributed by atoms with van der Waals surface area (Å²) in [6.07, 6.45) is 0. The van der Waals surface area contributed by atoms with E-state index in [1.165, 1.54) is 0 Å². The van der Waals surface area contributed by atoms with Gasteiger partial charge in [0.2, 0.25) is 0 Å². The van der Waals surface area contributed by atoms with Crippen molar-refractivity contribution < 1.29 is 0 Å². The lowest BCUT2D eigenvalue weighted by Gasteiger charge is -2.12. The number of aryl methyl sites for hydroxylation is 1. The molecule has 0 aliphatic carbocycles. The van der Waals surface area contributed by atoms with Crippen LogP contribution in [0.15, 0.2) is 24.3 Å². The van der Waals surface area contributed by atoms with Gasteiger partial charge >= 0.3 is 0 Å². The van der Waals surface area contributed by atoms with Crippen LogP contribution in [0.1, 0.15) is 31.0 Å². The van der Waals surface area contributed by atoms with Crippen molar-refractivity contribution in [1.82, 2.24) is 9.97 Å². The van der Waals surface area contributed by atoms with Crippen LogP contribution in [0.4, 0.5) is 0 Å². The summed E-state index contributed by atoms with van der Waals surface area (Å²) in [6.45, 7) is 6.13. The van der Waals surface area contributed by atoms with E-state index in [2.05, 4.69) is 23.8 Å². The SMILES string of the molecule is Cc1nc(-c2ccc(Cl)cc2)nc(Cl)c1C(C)C. The van der Waals surface area contributed by atoms with Crippen molar-refractivity contribution in [3.8, 4) is 11.4 Å². The van der Waals surface area contributed by atoms with Gasteiger partial charge in [0.15, 0.2) is 5.82 Å². The molecule has 0 N–H and O–H groups in total. The molecule has 0 bridgehead atoms. The fourth-order valence-corrected chi connectivity index (χ4v) is 2.49. The van der Waals surface area contributed by atoms with Gasteiger partial charge < -0.3 is 0 Å². The first kappa shape index (κ1) is 13.3. The molecular formula is C14H14Cl2N2. The van der Waals surface area contributed by atoms with Crippen LogP contribution in [0.3, 0.4) is 0 Å². The van der Waals surface area contributed by atoms with Crippen LogP contribution in [0.25, 0.3) is 11.4 Å². The molecule has 0 radical (unpaired) electrons. The van der Waals surface area contributed by atoms with Crippen molar-refractivity contribution in [1.29, 1.82) is 0 Å². The number of aromatic nitrogens is 2. The Bertz CT molecular complexity index is 540. The smallest absolute Gasteiger partial charge is 0.161 e. The topological polar surface area (TPSA) is 25.8 Å². The van der Waals surface area contributed by atoms with Crippen molar-refractivity contribution >= 4 is 23.2 Å². The Hall–Kier alpha value is -1.12. The zero-order chi connectivity index (χ0) is 13.3. The summed E-state index contributed by atoms with van der Waals surface area (Å²) in [4.78, 5) is 8.88. The van der Waals surface area contributed by atoms with E-state index >= 15 is 0 Å². The van der Waals surface area contributed by atoms with Gasteiger partial charge in [-0.3, -0.25) is 0 Å². The van der Waals surface area contributed by atoms with Crippen molar-refractivity contribution in [2.75, 3.05) is 0 Å². The van der Waals surface area contributed by atoms with Crippen LogP contribution in [-0.2, 0) is 0 Å². The second kappa shape index (κ2) is 5.25. The van der Waals surface area contributed by atoms with Crippen molar-refractivity contribution in [2.24, 2.45) is 0 Å². The third kappa shape index (κ3) is 2.65. The van der Waals surface area contributed by atoms with E-state index in [0.717, 1.165) is 16.8 Å². The fourth-order valence-electron chi connectivity index (χ4n) is 1.93. The van der Waals surface area contributed by atoms with Gasteiger partial charge in [-0.1, -0.05) is 37.0 Å². The van der Waals surface area contributed by atoms with Gasteiger partial charge in [0.05, 0.1) is 0 Å². The number of benzene rings is 1. The minimum Gasteiger partial charge on any atom is -0.233 e. The average molecular weight is 281 g/mol. The quantitative estimate of drug-likeness (QED) is 0.733. The van der Waals surface area contributed by atoms with Crippen molar-refractivity contribution in [2.45, 2.75) is 26.7 Å². The van der Waals surface area contributed by atoms with Crippen LogP contribution in [0.5, 0.6) is 0 Å². The summed E-state index contributed by atoms with van der Waals surface area (Å²) >= 11 is 12.1. The molecular weight excluding hydrogens is 267 g/mol. The third-order valence-corrected chi connectivity index (χ3v) is 3.31. The van der Waals surface area contributed by atoms with E-state index in [1.54, 1.807) is 0 Å². The molecule has 0 saturated carbocycles. The number of nitrogens with zero attached hydrogens (tertiary/aromatic N) is 2. The minimum absolute atomic E-state index is 0.316. The standard InChI is InChI=1S/C14H14Cl2N2/c1-8(2)12-9(3)17-14(18-13(12)16)10-4-6-11(15)7-5-10/h4-8H,1-3H3. The largest absolute Gasteiger partial charge is 0.233 e. The highest BCUT2D eigenvalue weighted by Gasteiger charge is 2.13. The molecule has 0 aliphatic heterocycles. The van der Waals surface area contributed by atoms with E-state index in [0.29, 0.717) is 21.9 Å². The lowest BCUT2D eigenvalue weighted by atomic mass is 10.0. The Morgan fingerprint density at radius 3 is 2.11 bits per heavy atom. The van der Waals surface area contributed by atoms with E-state index in [9.17, 15) is 0 Å². The molecule has 0 amide bonds. The van der Waals surface area contributed by atoms with Crippen LogP contribution in [-0.4, -0.2) is 9.97 Å². The van der Waals surface area contributed by atoms with Gasteiger partial charge in [-0.2, -0.15) is 0 Å². The van der Waals surface area contributed by atoms with E-state index in [-0.39, 0.29) is 0 Å². The Morgan fingerprint density at radius 2 is 1.61 bits per heavy atom. The van der Waals surface area contributed by atoms with Crippen LogP contribution in [0, 0.1) is 6.92 Å². The lowest BCUT2D eigenvalue weighted by Crippen LogP contribution is -2.01. The Kier molecular flexibility index (Phi) is 3.88. The zero-order valence-electron chi connectivity index (χ0n) is 10.5. The van der Waals surface area contributed by atoms with Gasteiger partial charge in [0, 0.05) is 21.8 Å². The number of hydrogen-bond donors (Lipinski definition) is 0. The molecule has 2 rings (SSSR count). The summed E-state index contributed by atoms with van der Waals surface area (Å²) in [6, 6.07) is 7.42. The molecule has 0 fully saturated rings. The summed E-state index contributed by atoms with van der Waals surface area (Å²) in [5.74, 6) is 0.954. The normalized spacial score (nSPS) is 11.0. The predicted molar refractivity (Wildman–Crippen MR) is 76.3 cm³/mol. The summed E-state index contributed by atoms with van der Waals surface area (Å²) in [7, 11) is 0. The highest BCUT2D eigenvalue weighted by Crippen LogP contribution is 2.28. The Labute approximate surface area is 117 Å². The maximum atomic E-state index is 6.23. The first-order valence-corrected chi connectivity index (χ1v) is 6.54. The average Bonchev–Trinajstić information content (AvgIpc) is 2.28. The molecule has 18 heavy (non-hydrogen) atoms. The van der Waals surface area contributed by atoms with Crippen molar-refractivity contribution in [3.63, 3.8) is 0 Å². The molecule has 94 valence electrons. The first-order chi connectivity index (χ1) is 8.49. The molecule has 4 heteroatoms. The molecule has 0 saturated heterocycles. The molecule has 1 heterocycles. The Balaban J connectivity index is 2.51. The molecule has 0 spiro atoms. The molecule has 1 aromatic carbocycles. The summed E-state index contributed by atoms with van der Waals surface area (Å²) in [5.41, 5.74) is 2.85. The lowest BCUT2D eigenvalue weighted by molar-refractivity contribution is 0.831. The number of halogens is 2. The maximum Gasteiger partial charge on any atom is 0.161 e. The maximum absolute atomic E-state index is 6.23. The molecule has 0 unspecified atom stereocenters. The highest BCUT2D eigenvalue weighted by molar-refractivity contribution is 6.31. The van der Waals surface area contributed by atoms with Crippen LogP contribution < -0.4 is 0 Å². The van der Waals surface area contributed by atoms with Gasteiger partial charge in [0.1, 0.15) is 5.15 Å². The summed E-state index contributed by atoms with van der Waals surface area (Å²) < 4.78 is 0.